The molecule has 0 saturated heterocycles. The number of esters is 1. The minimum Gasteiger partial charge on any atom is -0.465 e. The maximum atomic E-state index is 12.5. The van der Waals surface area contributed by atoms with Crippen LogP contribution in [0.2, 0.25) is 10.0 Å². The molecule has 5 heteroatoms. The third-order valence-corrected chi connectivity index (χ3v) is 4.55. The Morgan fingerprint density at radius 3 is 2.46 bits per heavy atom. The van der Waals surface area contributed by atoms with E-state index >= 15 is 0 Å². The molecule has 0 bridgehead atoms. The molecule has 0 heterocycles. The van der Waals surface area contributed by atoms with Gasteiger partial charge in [0.1, 0.15) is 0 Å². The largest absolute Gasteiger partial charge is 0.465 e. The van der Waals surface area contributed by atoms with Crippen LogP contribution in [0.15, 0.2) is 48.5 Å². The SMILES string of the molecule is CCOC(=O)C(c1ccc(Cl)c(Cl)c1)C(C)NCc1ccccc1. The molecule has 2 rings (SSSR count). The van der Waals surface area contributed by atoms with Crippen LogP contribution < -0.4 is 5.32 Å². The molecule has 128 valence electrons. The zero-order valence-electron chi connectivity index (χ0n) is 13.8. The molecule has 0 aliphatic rings. The predicted octanol–water partition coefficient (Wildman–Crippen LogP) is 4.82. The molecular weight excluding hydrogens is 345 g/mol. The lowest BCUT2D eigenvalue weighted by Gasteiger charge is -2.24. The molecular formula is C19H21Cl2NO2. The summed E-state index contributed by atoms with van der Waals surface area (Å²) >= 11 is 12.1. The Labute approximate surface area is 152 Å². The van der Waals surface area contributed by atoms with Crippen molar-refractivity contribution < 1.29 is 9.53 Å². The number of carbonyl (C=O) groups is 1. The highest BCUT2D eigenvalue weighted by Gasteiger charge is 2.28. The van der Waals surface area contributed by atoms with Crippen LogP contribution in [0.3, 0.4) is 0 Å². The maximum Gasteiger partial charge on any atom is 0.314 e. The molecule has 2 aromatic rings. The minimum atomic E-state index is -0.455. The third kappa shape index (κ3) is 4.97. The van der Waals surface area contributed by atoms with Gasteiger partial charge in [-0.25, -0.2) is 0 Å². The van der Waals surface area contributed by atoms with Crippen LogP contribution in [-0.4, -0.2) is 18.6 Å². The van der Waals surface area contributed by atoms with Gasteiger partial charge in [0.05, 0.1) is 22.6 Å². The lowest BCUT2D eigenvalue weighted by Crippen LogP contribution is -2.36. The normalized spacial score (nSPS) is 13.3. The Bertz CT molecular complexity index is 676. The number of hydrogen-bond acceptors (Lipinski definition) is 3. The van der Waals surface area contributed by atoms with E-state index < -0.39 is 5.92 Å². The second-order valence-corrected chi connectivity index (χ2v) is 6.37. The fourth-order valence-corrected chi connectivity index (χ4v) is 2.87. The van der Waals surface area contributed by atoms with E-state index in [1.807, 2.05) is 43.3 Å². The van der Waals surface area contributed by atoms with Gasteiger partial charge in [0, 0.05) is 12.6 Å². The predicted molar refractivity (Wildman–Crippen MR) is 98.6 cm³/mol. The topological polar surface area (TPSA) is 38.3 Å². The minimum absolute atomic E-state index is 0.124. The number of rotatable bonds is 7. The van der Waals surface area contributed by atoms with Crippen molar-refractivity contribution in [2.24, 2.45) is 0 Å². The van der Waals surface area contributed by atoms with E-state index in [9.17, 15) is 4.79 Å². The molecule has 0 radical (unpaired) electrons. The summed E-state index contributed by atoms with van der Waals surface area (Å²) in [5.74, 6) is -0.729. The molecule has 0 fully saturated rings. The van der Waals surface area contributed by atoms with Crippen molar-refractivity contribution in [3.63, 3.8) is 0 Å². The van der Waals surface area contributed by atoms with Crippen LogP contribution in [0, 0.1) is 0 Å². The summed E-state index contributed by atoms with van der Waals surface area (Å²) in [6.45, 7) is 4.76. The molecule has 24 heavy (non-hydrogen) atoms. The van der Waals surface area contributed by atoms with Gasteiger partial charge in [0.2, 0.25) is 0 Å². The highest BCUT2D eigenvalue weighted by Crippen LogP contribution is 2.29. The van der Waals surface area contributed by atoms with Gasteiger partial charge in [-0.1, -0.05) is 59.6 Å². The fourth-order valence-electron chi connectivity index (χ4n) is 2.56. The van der Waals surface area contributed by atoms with Gasteiger partial charge in [0.15, 0.2) is 0 Å². The molecule has 0 saturated carbocycles. The van der Waals surface area contributed by atoms with E-state index in [1.165, 1.54) is 0 Å². The van der Waals surface area contributed by atoms with E-state index in [0.29, 0.717) is 23.2 Å². The number of benzene rings is 2. The molecule has 0 aliphatic carbocycles. The Kier molecular flexibility index (Phi) is 7.10. The van der Waals surface area contributed by atoms with Crippen LogP contribution in [0.4, 0.5) is 0 Å². The molecule has 0 amide bonds. The maximum absolute atomic E-state index is 12.5. The van der Waals surface area contributed by atoms with Gasteiger partial charge in [-0.2, -0.15) is 0 Å². The first-order chi connectivity index (χ1) is 11.5. The standard InChI is InChI=1S/C19H21Cl2NO2/c1-3-24-19(23)18(15-9-10-16(20)17(21)11-15)13(2)22-12-14-7-5-4-6-8-14/h4-11,13,18,22H,3,12H2,1-2H3. The number of ether oxygens (including phenoxy) is 1. The van der Waals surface area contributed by atoms with Crippen LogP contribution in [0.5, 0.6) is 0 Å². The molecule has 2 unspecified atom stereocenters. The van der Waals surface area contributed by atoms with Gasteiger partial charge >= 0.3 is 5.97 Å². The van der Waals surface area contributed by atoms with Crippen molar-refractivity contribution in [2.75, 3.05) is 6.61 Å². The Morgan fingerprint density at radius 2 is 1.83 bits per heavy atom. The summed E-state index contributed by atoms with van der Waals surface area (Å²) in [5, 5.41) is 4.29. The van der Waals surface area contributed by atoms with E-state index in [-0.39, 0.29) is 12.0 Å². The zero-order valence-corrected chi connectivity index (χ0v) is 15.3. The first-order valence-electron chi connectivity index (χ1n) is 7.91. The number of carbonyl (C=O) groups excluding carboxylic acids is 1. The average molecular weight is 366 g/mol. The molecule has 1 N–H and O–H groups in total. The summed E-state index contributed by atoms with van der Waals surface area (Å²) < 4.78 is 5.25. The van der Waals surface area contributed by atoms with E-state index in [0.717, 1.165) is 11.1 Å². The lowest BCUT2D eigenvalue weighted by molar-refractivity contribution is -0.145. The monoisotopic (exact) mass is 365 g/mol. The van der Waals surface area contributed by atoms with Crippen molar-refractivity contribution >= 4 is 29.2 Å². The zero-order chi connectivity index (χ0) is 17.5. The Balaban J connectivity index is 2.18. The summed E-state index contributed by atoms with van der Waals surface area (Å²) in [5.41, 5.74) is 1.94. The van der Waals surface area contributed by atoms with Crippen LogP contribution in [-0.2, 0) is 16.1 Å². The summed E-state index contributed by atoms with van der Waals surface area (Å²) in [6.07, 6.45) is 0. The number of hydrogen-bond donors (Lipinski definition) is 1. The van der Waals surface area contributed by atoms with Crippen LogP contribution >= 0.6 is 23.2 Å². The van der Waals surface area contributed by atoms with Crippen molar-refractivity contribution in [2.45, 2.75) is 32.4 Å². The van der Waals surface area contributed by atoms with Gasteiger partial charge in [0.25, 0.3) is 0 Å². The third-order valence-electron chi connectivity index (χ3n) is 3.81. The van der Waals surface area contributed by atoms with Gasteiger partial charge in [-0.15, -0.1) is 0 Å². The smallest absolute Gasteiger partial charge is 0.314 e. The number of nitrogens with one attached hydrogen (secondary N) is 1. The fraction of sp³-hybridized carbons (Fsp3) is 0.316. The van der Waals surface area contributed by atoms with Crippen molar-refractivity contribution in [3.8, 4) is 0 Å². The van der Waals surface area contributed by atoms with Crippen molar-refractivity contribution in [1.82, 2.24) is 5.32 Å². The van der Waals surface area contributed by atoms with Crippen molar-refractivity contribution in [1.29, 1.82) is 0 Å². The number of halogens is 2. The summed E-state index contributed by atoms with van der Waals surface area (Å²) in [4.78, 5) is 12.5. The highest BCUT2D eigenvalue weighted by molar-refractivity contribution is 6.42. The first-order valence-corrected chi connectivity index (χ1v) is 8.67. The molecule has 0 spiro atoms. The molecule has 0 aromatic heterocycles. The second kappa shape index (κ2) is 9.07. The Hall–Kier alpha value is -1.55. The van der Waals surface area contributed by atoms with Gasteiger partial charge < -0.3 is 10.1 Å². The van der Waals surface area contributed by atoms with E-state index in [4.69, 9.17) is 27.9 Å². The van der Waals surface area contributed by atoms with Crippen LogP contribution in [0.25, 0.3) is 0 Å². The van der Waals surface area contributed by atoms with Crippen molar-refractivity contribution in [3.05, 3.63) is 69.7 Å². The molecule has 2 atom stereocenters. The molecule has 0 aliphatic heterocycles. The van der Waals surface area contributed by atoms with E-state index in [1.54, 1.807) is 19.1 Å². The summed E-state index contributed by atoms with van der Waals surface area (Å²) in [7, 11) is 0. The average Bonchev–Trinajstić information content (AvgIpc) is 2.57. The second-order valence-electron chi connectivity index (χ2n) is 5.56. The highest BCUT2D eigenvalue weighted by atomic mass is 35.5. The first kappa shape index (κ1) is 18.8. The summed E-state index contributed by atoms with van der Waals surface area (Å²) in [6, 6.07) is 15.2. The molecule has 3 nitrogen and oxygen atoms in total. The van der Waals surface area contributed by atoms with Crippen LogP contribution in [0.1, 0.15) is 30.9 Å². The molecule has 2 aromatic carbocycles. The van der Waals surface area contributed by atoms with Gasteiger partial charge in [-0.3, -0.25) is 4.79 Å². The Morgan fingerprint density at radius 1 is 1.12 bits per heavy atom. The quantitative estimate of drug-likeness (QED) is 0.714. The lowest BCUT2D eigenvalue weighted by atomic mass is 9.92. The van der Waals surface area contributed by atoms with Gasteiger partial charge in [-0.05, 0) is 37.1 Å². The van der Waals surface area contributed by atoms with E-state index in [2.05, 4.69) is 5.32 Å².